The topological polar surface area (TPSA) is 51.1 Å². The zero-order chi connectivity index (χ0) is 16.9. The van der Waals surface area contributed by atoms with Crippen LogP contribution < -0.4 is 10.6 Å². The molecular formula is C20H22N4O. The third-order valence-electron chi connectivity index (χ3n) is 4.31. The lowest BCUT2D eigenvalue weighted by molar-refractivity contribution is 0.0277. The largest absolute Gasteiger partial charge is 0.371 e. The molecule has 25 heavy (non-hydrogen) atoms. The van der Waals surface area contributed by atoms with Crippen molar-refractivity contribution in [3.05, 3.63) is 78.0 Å². The molecule has 0 unspecified atom stereocenters. The summed E-state index contributed by atoms with van der Waals surface area (Å²) in [5.74, 6) is 0.847. The summed E-state index contributed by atoms with van der Waals surface area (Å²) in [5.41, 5.74) is 3.47. The minimum absolute atomic E-state index is 0.146. The second-order valence-corrected chi connectivity index (χ2v) is 6.19. The van der Waals surface area contributed by atoms with Crippen molar-refractivity contribution in [1.29, 1.82) is 0 Å². The van der Waals surface area contributed by atoms with E-state index in [0.29, 0.717) is 0 Å². The molecule has 1 atom stereocenters. The van der Waals surface area contributed by atoms with E-state index in [1.54, 1.807) is 0 Å². The highest BCUT2D eigenvalue weighted by molar-refractivity contribution is 5.56. The van der Waals surface area contributed by atoms with Gasteiger partial charge in [0.2, 0.25) is 0 Å². The molecule has 0 bridgehead atoms. The van der Waals surface area contributed by atoms with E-state index in [-0.39, 0.29) is 6.10 Å². The standard InChI is InChI=1S/C20H22N4O/c1-2-4-16(5-3-1)15-24-12-10-20(23-24)22-18-8-6-17(7-9-18)19-14-21-11-13-25-19/h1-10,12,19,21H,11,13-15H2,(H,22,23)/t19-/m0/s1. The van der Waals surface area contributed by atoms with E-state index in [1.165, 1.54) is 11.1 Å². The number of benzene rings is 2. The molecule has 128 valence electrons. The van der Waals surface area contributed by atoms with Crippen LogP contribution in [0.3, 0.4) is 0 Å². The molecule has 2 N–H and O–H groups in total. The molecule has 2 aromatic carbocycles. The first kappa shape index (κ1) is 15.9. The molecular weight excluding hydrogens is 312 g/mol. The van der Waals surface area contributed by atoms with Gasteiger partial charge in [-0.25, -0.2) is 0 Å². The summed E-state index contributed by atoms with van der Waals surface area (Å²) in [5, 5.41) is 11.3. The molecule has 0 saturated carbocycles. The second-order valence-electron chi connectivity index (χ2n) is 6.19. The van der Waals surface area contributed by atoms with Crippen molar-refractivity contribution in [3.8, 4) is 0 Å². The van der Waals surface area contributed by atoms with Crippen molar-refractivity contribution in [2.75, 3.05) is 25.0 Å². The Morgan fingerprint density at radius 2 is 1.92 bits per heavy atom. The number of nitrogens with zero attached hydrogens (tertiary/aromatic N) is 2. The summed E-state index contributed by atoms with van der Waals surface area (Å²) >= 11 is 0. The fraction of sp³-hybridized carbons (Fsp3) is 0.250. The van der Waals surface area contributed by atoms with Gasteiger partial charge < -0.3 is 15.4 Å². The molecule has 5 nitrogen and oxygen atoms in total. The van der Waals surface area contributed by atoms with Crippen LogP contribution in [0.15, 0.2) is 66.9 Å². The lowest BCUT2D eigenvalue weighted by Crippen LogP contribution is -2.33. The highest BCUT2D eigenvalue weighted by atomic mass is 16.5. The number of morpholine rings is 1. The third-order valence-corrected chi connectivity index (χ3v) is 4.31. The van der Waals surface area contributed by atoms with E-state index in [9.17, 15) is 0 Å². The van der Waals surface area contributed by atoms with Gasteiger partial charge in [0, 0.05) is 31.0 Å². The Morgan fingerprint density at radius 3 is 2.68 bits per heavy atom. The minimum Gasteiger partial charge on any atom is -0.371 e. The first-order chi connectivity index (χ1) is 12.4. The number of anilines is 2. The van der Waals surface area contributed by atoms with Gasteiger partial charge in [0.05, 0.1) is 19.3 Å². The average Bonchev–Trinajstić information content (AvgIpc) is 3.11. The SMILES string of the molecule is c1ccc(Cn2ccc(Nc3ccc([C@@H]4CNCCO4)cc3)n2)cc1. The Labute approximate surface area is 147 Å². The predicted octanol–water partition coefficient (Wildman–Crippen LogP) is 3.34. The molecule has 1 aliphatic heterocycles. The maximum absolute atomic E-state index is 5.78. The van der Waals surface area contributed by atoms with Crippen LogP contribution in [0.4, 0.5) is 11.5 Å². The number of aromatic nitrogens is 2. The summed E-state index contributed by atoms with van der Waals surface area (Å²) in [6.45, 7) is 3.34. The highest BCUT2D eigenvalue weighted by Crippen LogP contribution is 2.22. The smallest absolute Gasteiger partial charge is 0.152 e. The number of hydrogen-bond donors (Lipinski definition) is 2. The maximum atomic E-state index is 5.78. The van der Waals surface area contributed by atoms with E-state index in [4.69, 9.17) is 4.74 Å². The zero-order valence-corrected chi connectivity index (χ0v) is 14.1. The Bertz CT molecular complexity index is 792. The summed E-state index contributed by atoms with van der Waals surface area (Å²) in [7, 11) is 0. The van der Waals surface area contributed by atoms with Crippen LogP contribution in [-0.2, 0) is 11.3 Å². The van der Waals surface area contributed by atoms with E-state index in [2.05, 4.69) is 52.1 Å². The van der Waals surface area contributed by atoms with Gasteiger partial charge in [0.25, 0.3) is 0 Å². The molecule has 1 aliphatic rings. The maximum Gasteiger partial charge on any atom is 0.152 e. The Balaban J connectivity index is 1.39. The Kier molecular flexibility index (Phi) is 4.77. The minimum atomic E-state index is 0.146. The lowest BCUT2D eigenvalue weighted by atomic mass is 10.1. The fourth-order valence-corrected chi connectivity index (χ4v) is 3.00. The van der Waals surface area contributed by atoms with Crippen LogP contribution in [0.5, 0.6) is 0 Å². The number of nitrogens with one attached hydrogen (secondary N) is 2. The molecule has 5 heteroatoms. The van der Waals surface area contributed by atoms with Crippen molar-refractivity contribution < 1.29 is 4.74 Å². The summed E-state index contributed by atoms with van der Waals surface area (Å²) in [6, 6.07) is 20.7. The van der Waals surface area contributed by atoms with E-state index < -0.39 is 0 Å². The van der Waals surface area contributed by atoms with Gasteiger partial charge in [0.1, 0.15) is 0 Å². The van der Waals surface area contributed by atoms with Gasteiger partial charge in [-0.05, 0) is 23.3 Å². The predicted molar refractivity (Wildman–Crippen MR) is 99.1 cm³/mol. The Hall–Kier alpha value is -2.63. The lowest BCUT2D eigenvalue weighted by Gasteiger charge is -2.24. The molecule has 0 aliphatic carbocycles. The molecule has 4 rings (SSSR count). The average molecular weight is 334 g/mol. The van der Waals surface area contributed by atoms with Crippen molar-refractivity contribution >= 4 is 11.5 Å². The third kappa shape index (κ3) is 4.07. The van der Waals surface area contributed by atoms with Crippen molar-refractivity contribution in [2.24, 2.45) is 0 Å². The number of hydrogen-bond acceptors (Lipinski definition) is 4. The molecule has 0 radical (unpaired) electrons. The van der Waals surface area contributed by atoms with Gasteiger partial charge in [0.15, 0.2) is 5.82 Å². The van der Waals surface area contributed by atoms with Crippen molar-refractivity contribution in [1.82, 2.24) is 15.1 Å². The summed E-state index contributed by atoms with van der Waals surface area (Å²) in [4.78, 5) is 0. The van der Waals surface area contributed by atoms with Crippen LogP contribution in [0.25, 0.3) is 0 Å². The monoisotopic (exact) mass is 334 g/mol. The first-order valence-electron chi connectivity index (χ1n) is 8.63. The van der Waals surface area contributed by atoms with Gasteiger partial charge in [-0.1, -0.05) is 42.5 Å². The number of rotatable bonds is 5. The first-order valence-corrected chi connectivity index (χ1v) is 8.63. The van der Waals surface area contributed by atoms with E-state index in [0.717, 1.165) is 37.7 Å². The Morgan fingerprint density at radius 1 is 1.08 bits per heavy atom. The molecule has 1 fully saturated rings. The van der Waals surface area contributed by atoms with Crippen LogP contribution in [0.1, 0.15) is 17.2 Å². The molecule has 1 aromatic heterocycles. The normalized spacial score (nSPS) is 17.4. The summed E-state index contributed by atoms with van der Waals surface area (Å²) < 4.78 is 7.72. The van der Waals surface area contributed by atoms with Gasteiger partial charge in [-0.15, -0.1) is 0 Å². The number of ether oxygens (including phenoxy) is 1. The van der Waals surface area contributed by atoms with Crippen LogP contribution >= 0.6 is 0 Å². The van der Waals surface area contributed by atoms with Crippen molar-refractivity contribution in [2.45, 2.75) is 12.6 Å². The molecule has 0 amide bonds. The van der Waals surface area contributed by atoms with Gasteiger partial charge in [-0.3, -0.25) is 4.68 Å². The highest BCUT2D eigenvalue weighted by Gasteiger charge is 2.15. The van der Waals surface area contributed by atoms with Crippen LogP contribution in [0.2, 0.25) is 0 Å². The quantitative estimate of drug-likeness (QED) is 0.751. The zero-order valence-electron chi connectivity index (χ0n) is 14.1. The van der Waals surface area contributed by atoms with Gasteiger partial charge in [-0.2, -0.15) is 5.10 Å². The molecule has 2 heterocycles. The summed E-state index contributed by atoms with van der Waals surface area (Å²) in [6.07, 6.45) is 2.14. The van der Waals surface area contributed by atoms with Crippen LogP contribution in [-0.4, -0.2) is 29.5 Å². The van der Waals surface area contributed by atoms with Gasteiger partial charge >= 0.3 is 0 Å². The second kappa shape index (κ2) is 7.51. The molecule has 0 spiro atoms. The van der Waals surface area contributed by atoms with E-state index >= 15 is 0 Å². The molecule has 3 aromatic rings. The molecule has 1 saturated heterocycles. The van der Waals surface area contributed by atoms with E-state index in [1.807, 2.05) is 35.1 Å². The van der Waals surface area contributed by atoms with Crippen molar-refractivity contribution in [3.63, 3.8) is 0 Å². The fourth-order valence-electron chi connectivity index (χ4n) is 3.00. The van der Waals surface area contributed by atoms with Crippen LogP contribution in [0, 0.1) is 0 Å².